The first-order valence-electron chi connectivity index (χ1n) is 8.74. The Morgan fingerprint density at radius 2 is 1.68 bits per heavy atom. The predicted octanol–water partition coefficient (Wildman–Crippen LogP) is 2.46. The maximum Gasteiger partial charge on any atom is 0.407 e. The third kappa shape index (κ3) is 12.3. The van der Waals surface area contributed by atoms with Gasteiger partial charge in [0, 0.05) is 25.3 Å². The van der Waals surface area contributed by atoms with E-state index in [9.17, 15) is 14.0 Å². The number of halogens is 2. The van der Waals surface area contributed by atoms with E-state index in [0.717, 1.165) is 0 Å². The lowest BCUT2D eigenvalue weighted by atomic mass is 10.2. The van der Waals surface area contributed by atoms with Crippen LogP contribution in [0.25, 0.3) is 0 Å². The Bertz CT molecular complexity index is 648. The first-order chi connectivity index (χ1) is 12.7. The Hall–Kier alpha value is -2.11. The molecule has 0 spiro atoms. The fraction of sp³-hybridized carbons (Fsp3) is 0.500. The third-order valence-corrected chi connectivity index (χ3v) is 2.94. The van der Waals surface area contributed by atoms with Gasteiger partial charge in [-0.1, -0.05) is 0 Å². The second kappa shape index (κ2) is 13.1. The van der Waals surface area contributed by atoms with Crippen molar-refractivity contribution in [3.63, 3.8) is 0 Å². The largest absolute Gasteiger partial charge is 0.444 e. The molecule has 1 aromatic carbocycles. The Labute approximate surface area is 182 Å². The fourth-order valence-corrected chi connectivity index (χ4v) is 1.89. The molecule has 0 bridgehead atoms. The van der Waals surface area contributed by atoms with Crippen LogP contribution in [0.4, 0.5) is 14.9 Å². The summed E-state index contributed by atoms with van der Waals surface area (Å²) in [7, 11) is 0. The summed E-state index contributed by atoms with van der Waals surface area (Å²) < 4.78 is 18.0. The Morgan fingerprint density at radius 1 is 1.07 bits per heavy atom. The molecule has 0 unspecified atom stereocenters. The highest BCUT2D eigenvalue weighted by molar-refractivity contribution is 14.0. The highest BCUT2D eigenvalue weighted by atomic mass is 127. The molecule has 1 aromatic rings. The van der Waals surface area contributed by atoms with E-state index in [1.165, 1.54) is 24.3 Å². The number of hydrogen-bond donors (Lipinski definition) is 4. The lowest BCUT2D eigenvalue weighted by Crippen LogP contribution is -2.42. The van der Waals surface area contributed by atoms with Gasteiger partial charge < -0.3 is 26.0 Å². The average molecular weight is 509 g/mol. The number of aliphatic imine (C=N–C) groups is 1. The summed E-state index contributed by atoms with van der Waals surface area (Å²) in [4.78, 5) is 27.6. The number of anilines is 1. The number of rotatable bonds is 7. The van der Waals surface area contributed by atoms with Crippen molar-refractivity contribution in [1.82, 2.24) is 16.0 Å². The van der Waals surface area contributed by atoms with E-state index in [2.05, 4.69) is 26.3 Å². The van der Waals surface area contributed by atoms with Crippen molar-refractivity contribution in [3.8, 4) is 0 Å². The Morgan fingerprint density at radius 3 is 2.25 bits per heavy atom. The standard InChI is InChI=1S/C18H28FN5O3.HI/c1-5-20-16(21-10-11-22-17(26)27-18(2,3)4)23-12-15(25)24-14-8-6-13(19)7-9-14;/h6-9H,5,10-12H2,1-4H3,(H,22,26)(H,24,25)(H2,20,21,23);1H. The van der Waals surface area contributed by atoms with Crippen LogP contribution in [0.15, 0.2) is 29.3 Å². The maximum atomic E-state index is 12.9. The smallest absolute Gasteiger partial charge is 0.407 e. The van der Waals surface area contributed by atoms with Gasteiger partial charge in [0.05, 0.1) is 0 Å². The summed E-state index contributed by atoms with van der Waals surface area (Å²) in [5.41, 5.74) is -0.0534. The van der Waals surface area contributed by atoms with E-state index >= 15 is 0 Å². The lowest BCUT2D eigenvalue weighted by molar-refractivity contribution is -0.114. The zero-order valence-electron chi connectivity index (χ0n) is 16.6. The van der Waals surface area contributed by atoms with E-state index < -0.39 is 11.7 Å². The number of ether oxygens (including phenoxy) is 1. The van der Waals surface area contributed by atoms with Crippen LogP contribution in [0.1, 0.15) is 27.7 Å². The highest BCUT2D eigenvalue weighted by Crippen LogP contribution is 2.08. The second-order valence-electron chi connectivity index (χ2n) is 6.61. The van der Waals surface area contributed by atoms with Crippen molar-refractivity contribution in [2.75, 3.05) is 31.5 Å². The first-order valence-corrected chi connectivity index (χ1v) is 8.74. The molecule has 2 amide bonds. The van der Waals surface area contributed by atoms with E-state index in [1.807, 2.05) is 6.92 Å². The monoisotopic (exact) mass is 509 g/mol. The van der Waals surface area contributed by atoms with Crippen LogP contribution >= 0.6 is 24.0 Å². The summed E-state index contributed by atoms with van der Waals surface area (Å²) in [6.45, 7) is 8.52. The number of hydrogen-bond acceptors (Lipinski definition) is 4. The van der Waals surface area contributed by atoms with Crippen molar-refractivity contribution in [2.24, 2.45) is 4.99 Å². The molecule has 10 heteroatoms. The quantitative estimate of drug-likeness (QED) is 0.196. The first kappa shape index (κ1) is 25.9. The van der Waals surface area contributed by atoms with Gasteiger partial charge in [0.1, 0.15) is 18.0 Å². The molecule has 4 N–H and O–H groups in total. The molecule has 28 heavy (non-hydrogen) atoms. The van der Waals surface area contributed by atoms with Gasteiger partial charge in [0.15, 0.2) is 5.96 Å². The average Bonchev–Trinajstić information content (AvgIpc) is 2.57. The van der Waals surface area contributed by atoms with Crippen LogP contribution in [-0.2, 0) is 9.53 Å². The van der Waals surface area contributed by atoms with E-state index in [-0.39, 0.29) is 42.2 Å². The summed E-state index contributed by atoms with van der Waals surface area (Å²) in [5, 5.41) is 11.3. The van der Waals surface area contributed by atoms with Crippen molar-refractivity contribution >= 4 is 47.6 Å². The van der Waals surface area contributed by atoms with Crippen LogP contribution < -0.4 is 21.3 Å². The van der Waals surface area contributed by atoms with Gasteiger partial charge in [-0.15, -0.1) is 24.0 Å². The minimum atomic E-state index is -0.550. The van der Waals surface area contributed by atoms with Gasteiger partial charge in [-0.3, -0.25) is 4.79 Å². The topological polar surface area (TPSA) is 104 Å². The summed E-state index contributed by atoms with van der Waals surface area (Å²) in [6.07, 6.45) is -0.495. The SMILES string of the molecule is CCNC(=NCC(=O)Nc1ccc(F)cc1)NCCNC(=O)OC(C)(C)C.I. The number of amides is 2. The number of nitrogens with one attached hydrogen (secondary N) is 4. The van der Waals surface area contributed by atoms with Gasteiger partial charge in [-0.05, 0) is 52.0 Å². The zero-order valence-corrected chi connectivity index (χ0v) is 18.9. The van der Waals surface area contributed by atoms with E-state index in [4.69, 9.17) is 4.74 Å². The highest BCUT2D eigenvalue weighted by Gasteiger charge is 2.15. The molecule has 0 saturated heterocycles. The molecule has 0 atom stereocenters. The number of carbonyl (C=O) groups excluding carboxylic acids is 2. The van der Waals surface area contributed by atoms with Crippen molar-refractivity contribution in [3.05, 3.63) is 30.1 Å². The maximum absolute atomic E-state index is 12.9. The number of benzene rings is 1. The minimum absolute atomic E-state index is 0. The molecule has 0 aromatic heterocycles. The molecule has 0 fully saturated rings. The van der Waals surface area contributed by atoms with E-state index in [1.54, 1.807) is 20.8 Å². The van der Waals surface area contributed by atoms with Crippen LogP contribution in [0.3, 0.4) is 0 Å². The van der Waals surface area contributed by atoms with Crippen molar-refractivity contribution in [2.45, 2.75) is 33.3 Å². The molecule has 158 valence electrons. The van der Waals surface area contributed by atoms with E-state index in [0.29, 0.717) is 31.3 Å². The molecule has 0 aliphatic rings. The van der Waals surface area contributed by atoms with Crippen LogP contribution in [-0.4, -0.2) is 49.7 Å². The Balaban J connectivity index is 0.00000729. The van der Waals surface area contributed by atoms with Gasteiger partial charge >= 0.3 is 6.09 Å². The molecular formula is C18H29FIN5O3. The molecule has 0 heterocycles. The normalized spacial score (nSPS) is 11.1. The lowest BCUT2D eigenvalue weighted by Gasteiger charge is -2.19. The van der Waals surface area contributed by atoms with Crippen LogP contribution in [0.2, 0.25) is 0 Å². The van der Waals surface area contributed by atoms with Gasteiger partial charge in [-0.2, -0.15) is 0 Å². The van der Waals surface area contributed by atoms with Crippen molar-refractivity contribution in [1.29, 1.82) is 0 Å². The number of alkyl carbamates (subject to hydrolysis) is 1. The molecular weight excluding hydrogens is 480 g/mol. The number of nitrogens with zero attached hydrogens (tertiary/aromatic N) is 1. The summed E-state index contributed by atoms with van der Waals surface area (Å²) in [6, 6.07) is 5.48. The molecule has 8 nitrogen and oxygen atoms in total. The van der Waals surface area contributed by atoms with Gasteiger partial charge in [0.25, 0.3) is 0 Å². The molecule has 0 radical (unpaired) electrons. The summed E-state index contributed by atoms with van der Waals surface area (Å²) in [5.74, 6) is -0.256. The Kier molecular flexibility index (Phi) is 12.1. The summed E-state index contributed by atoms with van der Waals surface area (Å²) >= 11 is 0. The van der Waals surface area contributed by atoms with Crippen LogP contribution in [0.5, 0.6) is 0 Å². The molecule has 0 aliphatic carbocycles. The zero-order chi connectivity index (χ0) is 20.3. The van der Waals surface area contributed by atoms with Gasteiger partial charge in [-0.25, -0.2) is 14.2 Å². The minimum Gasteiger partial charge on any atom is -0.444 e. The second-order valence-corrected chi connectivity index (χ2v) is 6.61. The van der Waals surface area contributed by atoms with Crippen LogP contribution in [0, 0.1) is 5.82 Å². The fourth-order valence-electron chi connectivity index (χ4n) is 1.89. The molecule has 0 saturated carbocycles. The number of guanidine groups is 1. The third-order valence-electron chi connectivity index (χ3n) is 2.94. The van der Waals surface area contributed by atoms with Gasteiger partial charge in [0.2, 0.25) is 5.91 Å². The van der Waals surface area contributed by atoms with Crippen molar-refractivity contribution < 1.29 is 18.7 Å². The number of carbonyl (C=O) groups is 2. The predicted molar refractivity (Wildman–Crippen MR) is 119 cm³/mol. The molecule has 1 rings (SSSR count). The molecule has 0 aliphatic heterocycles.